The van der Waals surface area contributed by atoms with Crippen molar-refractivity contribution in [1.82, 2.24) is 9.80 Å². The summed E-state index contributed by atoms with van der Waals surface area (Å²) in [6.45, 7) is 2.15. The molecule has 0 saturated heterocycles. The fourth-order valence-corrected chi connectivity index (χ4v) is 2.14. The molecule has 1 aromatic heterocycles. The second kappa shape index (κ2) is 6.54. The van der Waals surface area contributed by atoms with Gasteiger partial charge in [0, 0.05) is 30.6 Å². The van der Waals surface area contributed by atoms with E-state index in [1.54, 1.807) is 6.26 Å². The molecule has 20 heavy (non-hydrogen) atoms. The lowest BCUT2D eigenvalue weighted by atomic mass is 10.1. The Morgan fingerprint density at radius 3 is 2.70 bits per heavy atom. The molecule has 0 atom stereocenters. The highest BCUT2D eigenvalue weighted by molar-refractivity contribution is 5.80. The van der Waals surface area contributed by atoms with Crippen LogP contribution in [0.3, 0.4) is 0 Å². The Morgan fingerprint density at radius 2 is 2.00 bits per heavy atom. The number of fused-ring (bicyclic) bond motifs is 1. The van der Waals surface area contributed by atoms with E-state index in [4.69, 9.17) is 9.52 Å². The van der Waals surface area contributed by atoms with Crippen LogP contribution in [-0.2, 0) is 11.3 Å². The maximum atomic E-state index is 11.0. The van der Waals surface area contributed by atoms with Gasteiger partial charge in [0.25, 0.3) is 0 Å². The van der Waals surface area contributed by atoms with E-state index < -0.39 is 5.97 Å². The van der Waals surface area contributed by atoms with Crippen LogP contribution in [0.25, 0.3) is 11.0 Å². The Bertz CT molecular complexity index is 577. The first-order valence-corrected chi connectivity index (χ1v) is 6.60. The monoisotopic (exact) mass is 276 g/mol. The SMILES string of the molecule is CN(C)CCN(CC(=O)O)Cc1coc2ccccc12. The van der Waals surface area contributed by atoms with E-state index in [2.05, 4.69) is 0 Å². The summed E-state index contributed by atoms with van der Waals surface area (Å²) in [5.41, 5.74) is 1.87. The highest BCUT2D eigenvalue weighted by Crippen LogP contribution is 2.21. The van der Waals surface area contributed by atoms with Gasteiger partial charge in [0.15, 0.2) is 0 Å². The molecule has 0 aliphatic carbocycles. The minimum atomic E-state index is -0.809. The van der Waals surface area contributed by atoms with Gasteiger partial charge in [0.2, 0.25) is 0 Å². The summed E-state index contributed by atoms with van der Waals surface area (Å²) in [7, 11) is 3.96. The number of furan rings is 1. The maximum absolute atomic E-state index is 11.0. The van der Waals surface area contributed by atoms with Crippen molar-refractivity contribution in [2.24, 2.45) is 0 Å². The molecule has 0 aliphatic heterocycles. The topological polar surface area (TPSA) is 56.9 Å². The fourth-order valence-electron chi connectivity index (χ4n) is 2.14. The molecule has 1 aromatic carbocycles. The van der Waals surface area contributed by atoms with Gasteiger partial charge in [0.05, 0.1) is 12.8 Å². The normalized spacial score (nSPS) is 11.6. The lowest BCUT2D eigenvalue weighted by molar-refractivity contribution is -0.138. The number of likely N-dealkylation sites (N-methyl/N-ethyl adjacent to an activating group) is 1. The highest BCUT2D eigenvalue weighted by Gasteiger charge is 2.13. The minimum absolute atomic E-state index is 0.0351. The molecule has 5 nitrogen and oxygen atoms in total. The van der Waals surface area contributed by atoms with Crippen molar-refractivity contribution in [3.05, 3.63) is 36.1 Å². The van der Waals surface area contributed by atoms with Crippen LogP contribution in [0.4, 0.5) is 0 Å². The van der Waals surface area contributed by atoms with Crippen molar-refractivity contribution in [2.75, 3.05) is 33.7 Å². The van der Waals surface area contributed by atoms with Gasteiger partial charge in [-0.15, -0.1) is 0 Å². The molecule has 2 rings (SSSR count). The summed E-state index contributed by atoms with van der Waals surface area (Å²) in [5.74, 6) is -0.809. The number of carboxylic acids is 1. The standard InChI is InChI=1S/C15H20N2O3/c1-16(2)7-8-17(10-15(18)19)9-12-11-20-14-6-4-3-5-13(12)14/h3-6,11H,7-10H2,1-2H3,(H,18,19). The van der Waals surface area contributed by atoms with Gasteiger partial charge in [-0.3, -0.25) is 9.69 Å². The molecule has 108 valence electrons. The Labute approximate surface area is 118 Å². The van der Waals surface area contributed by atoms with Gasteiger partial charge in [-0.2, -0.15) is 0 Å². The van der Waals surface area contributed by atoms with Crippen molar-refractivity contribution in [2.45, 2.75) is 6.54 Å². The molecule has 1 N–H and O–H groups in total. The van der Waals surface area contributed by atoms with Crippen LogP contribution in [0.2, 0.25) is 0 Å². The van der Waals surface area contributed by atoms with Crippen molar-refractivity contribution in [3.8, 4) is 0 Å². The molecule has 0 saturated carbocycles. The van der Waals surface area contributed by atoms with Crippen LogP contribution in [0.1, 0.15) is 5.56 Å². The largest absolute Gasteiger partial charge is 0.480 e. The molecule has 0 bridgehead atoms. The lowest BCUT2D eigenvalue weighted by Crippen LogP contribution is -2.35. The molecular weight excluding hydrogens is 256 g/mol. The van der Waals surface area contributed by atoms with Crippen LogP contribution >= 0.6 is 0 Å². The molecule has 0 radical (unpaired) electrons. The Morgan fingerprint density at radius 1 is 1.25 bits per heavy atom. The van der Waals surface area contributed by atoms with Gasteiger partial charge < -0.3 is 14.4 Å². The van der Waals surface area contributed by atoms with Gasteiger partial charge in [-0.05, 0) is 20.2 Å². The third kappa shape index (κ3) is 3.82. The molecule has 0 spiro atoms. The van der Waals surface area contributed by atoms with E-state index in [1.807, 2.05) is 48.2 Å². The number of para-hydroxylation sites is 1. The van der Waals surface area contributed by atoms with Crippen molar-refractivity contribution in [3.63, 3.8) is 0 Å². The van der Waals surface area contributed by atoms with Crippen LogP contribution in [0.15, 0.2) is 34.9 Å². The second-order valence-electron chi connectivity index (χ2n) is 5.16. The van der Waals surface area contributed by atoms with Crippen molar-refractivity contribution in [1.29, 1.82) is 0 Å². The third-order valence-corrected chi connectivity index (χ3v) is 3.18. The average molecular weight is 276 g/mol. The Balaban J connectivity index is 2.11. The Kier molecular flexibility index (Phi) is 4.76. The smallest absolute Gasteiger partial charge is 0.317 e. The maximum Gasteiger partial charge on any atom is 0.317 e. The van der Waals surface area contributed by atoms with E-state index in [0.29, 0.717) is 13.1 Å². The number of rotatable bonds is 7. The molecular formula is C15H20N2O3. The number of carbonyl (C=O) groups is 1. The molecule has 0 unspecified atom stereocenters. The highest BCUT2D eigenvalue weighted by atomic mass is 16.4. The zero-order valence-electron chi connectivity index (χ0n) is 11.9. The van der Waals surface area contributed by atoms with Crippen molar-refractivity contribution < 1.29 is 14.3 Å². The van der Waals surface area contributed by atoms with Crippen LogP contribution in [0, 0.1) is 0 Å². The summed E-state index contributed by atoms with van der Waals surface area (Å²) >= 11 is 0. The lowest BCUT2D eigenvalue weighted by Gasteiger charge is -2.21. The van der Waals surface area contributed by atoms with Gasteiger partial charge in [0.1, 0.15) is 5.58 Å². The van der Waals surface area contributed by atoms with Gasteiger partial charge in [-0.25, -0.2) is 0 Å². The van der Waals surface area contributed by atoms with Crippen LogP contribution < -0.4 is 0 Å². The van der Waals surface area contributed by atoms with Gasteiger partial charge in [-0.1, -0.05) is 18.2 Å². The molecule has 2 aromatic rings. The van der Waals surface area contributed by atoms with Crippen molar-refractivity contribution >= 4 is 16.9 Å². The zero-order chi connectivity index (χ0) is 14.5. The predicted octanol–water partition coefficient (Wildman–Crippen LogP) is 1.88. The summed E-state index contributed by atoms with van der Waals surface area (Å²) < 4.78 is 5.50. The number of benzene rings is 1. The van der Waals surface area contributed by atoms with Crippen LogP contribution in [0.5, 0.6) is 0 Å². The molecule has 1 heterocycles. The molecule has 0 aliphatic rings. The first-order valence-electron chi connectivity index (χ1n) is 6.60. The fraction of sp³-hybridized carbons (Fsp3) is 0.400. The first-order chi connectivity index (χ1) is 9.56. The van der Waals surface area contributed by atoms with E-state index in [1.165, 1.54) is 0 Å². The zero-order valence-corrected chi connectivity index (χ0v) is 11.9. The van der Waals surface area contributed by atoms with E-state index in [9.17, 15) is 4.79 Å². The quantitative estimate of drug-likeness (QED) is 0.836. The molecule has 0 fully saturated rings. The third-order valence-electron chi connectivity index (χ3n) is 3.18. The minimum Gasteiger partial charge on any atom is -0.480 e. The molecule has 5 heteroatoms. The number of hydrogen-bond donors (Lipinski definition) is 1. The first kappa shape index (κ1) is 14.6. The number of nitrogens with zero attached hydrogens (tertiary/aromatic N) is 2. The van der Waals surface area contributed by atoms with Gasteiger partial charge >= 0.3 is 5.97 Å². The average Bonchev–Trinajstić information content (AvgIpc) is 2.79. The summed E-state index contributed by atoms with van der Waals surface area (Å²) in [4.78, 5) is 14.9. The Hall–Kier alpha value is -1.85. The number of carboxylic acid groups (broad SMARTS) is 1. The van der Waals surface area contributed by atoms with E-state index in [0.717, 1.165) is 23.1 Å². The van der Waals surface area contributed by atoms with E-state index >= 15 is 0 Å². The van der Waals surface area contributed by atoms with Crippen LogP contribution in [-0.4, -0.2) is 54.6 Å². The second-order valence-corrected chi connectivity index (χ2v) is 5.16. The summed E-state index contributed by atoms with van der Waals surface area (Å²) in [6, 6.07) is 7.80. The van der Waals surface area contributed by atoms with E-state index in [-0.39, 0.29) is 6.54 Å². The summed E-state index contributed by atoms with van der Waals surface area (Å²) in [5, 5.41) is 10.1. The molecule has 0 amide bonds. The summed E-state index contributed by atoms with van der Waals surface area (Å²) in [6.07, 6.45) is 1.72. The number of aliphatic carboxylic acids is 1. The predicted molar refractivity (Wildman–Crippen MR) is 77.7 cm³/mol. The number of hydrogen-bond acceptors (Lipinski definition) is 4.